The average Bonchev–Trinajstić information content (AvgIpc) is 3.87. The second-order valence-electron chi connectivity index (χ2n) is 14.1. The highest BCUT2D eigenvalue weighted by atomic mass is 35.5. The van der Waals surface area contributed by atoms with Crippen LogP contribution in [0, 0.1) is 6.92 Å². The number of alkyl halides is 2. The van der Waals surface area contributed by atoms with E-state index in [1.807, 2.05) is 31.2 Å². The molecule has 1 spiro atoms. The van der Waals surface area contributed by atoms with Gasteiger partial charge in [0.25, 0.3) is 12.0 Å². The number of benzene rings is 2. The Morgan fingerprint density at radius 2 is 1.75 bits per heavy atom. The standard InChI is InChI=1S/C38H37ClF2N8O4/c1-19-21(7-6-10-24(19)42-32-29-34(45-33(44-32)31(40)41)47(2)37(52)48(3)36(29)51)22-8-5-9-23(30(22)39)25-17-20-11-12-26(28(20)35(43-25)53-4)49-16-15-38(18-49)14-13-27(50)46-38/h5-10,17,26,31H,11-16,18H2,1-4H3,(H,46,50)(H,42,44,45)/t26-,38+/m0/s1. The fourth-order valence-electron chi connectivity index (χ4n) is 8.28. The number of amides is 1. The lowest BCUT2D eigenvalue weighted by molar-refractivity contribution is -0.119. The maximum Gasteiger partial charge on any atom is 0.332 e. The van der Waals surface area contributed by atoms with Gasteiger partial charge in [-0.3, -0.25) is 23.6 Å². The van der Waals surface area contributed by atoms with Crippen molar-refractivity contribution in [3.63, 3.8) is 0 Å². The molecule has 0 bridgehead atoms. The molecule has 2 aliphatic heterocycles. The number of hydrogen-bond acceptors (Lipinski definition) is 9. The molecule has 0 unspecified atom stereocenters. The number of anilines is 2. The van der Waals surface area contributed by atoms with E-state index in [-0.39, 0.29) is 34.3 Å². The Kier molecular flexibility index (Phi) is 8.56. The van der Waals surface area contributed by atoms with Gasteiger partial charge in [0.1, 0.15) is 11.2 Å². The first-order valence-electron chi connectivity index (χ1n) is 17.4. The van der Waals surface area contributed by atoms with E-state index >= 15 is 0 Å². The quantitative estimate of drug-likeness (QED) is 0.214. The highest BCUT2D eigenvalue weighted by Gasteiger charge is 2.46. The number of rotatable bonds is 7. The van der Waals surface area contributed by atoms with Crippen molar-refractivity contribution in [1.82, 2.24) is 34.3 Å². The molecule has 3 aliphatic rings. The SMILES string of the molecule is COc1nc(-c2cccc(-c3cccc(Nc4nc(C(F)F)nc5c4c(=O)n(C)c(=O)n5C)c3C)c2Cl)cc2c1[C@@H](N1CC[C@]3(CCC(=O)N3)C1)CC2. The van der Waals surface area contributed by atoms with Crippen LogP contribution in [0.15, 0.2) is 52.1 Å². The topological polar surface area (TPSA) is 136 Å². The third kappa shape index (κ3) is 5.75. The number of hydrogen-bond donors (Lipinski definition) is 2. The maximum absolute atomic E-state index is 13.9. The highest BCUT2D eigenvalue weighted by Crippen LogP contribution is 2.47. The van der Waals surface area contributed by atoms with Gasteiger partial charge >= 0.3 is 5.69 Å². The van der Waals surface area contributed by atoms with Crippen LogP contribution in [-0.2, 0) is 25.3 Å². The molecule has 274 valence electrons. The minimum Gasteiger partial charge on any atom is -0.481 e. The average molecular weight is 743 g/mol. The minimum atomic E-state index is -3.04. The Morgan fingerprint density at radius 1 is 1.00 bits per heavy atom. The number of likely N-dealkylation sites (tertiary alicyclic amines) is 1. The number of nitrogens with one attached hydrogen (secondary N) is 2. The molecule has 3 aromatic heterocycles. The van der Waals surface area contributed by atoms with Crippen molar-refractivity contribution in [3.8, 4) is 28.3 Å². The number of fused-ring (bicyclic) bond motifs is 2. The fourth-order valence-corrected chi connectivity index (χ4v) is 8.61. The Bertz CT molecular complexity index is 2470. The molecule has 2 N–H and O–H groups in total. The van der Waals surface area contributed by atoms with E-state index in [1.165, 1.54) is 14.1 Å². The summed E-state index contributed by atoms with van der Waals surface area (Å²) in [6.45, 7) is 3.56. The summed E-state index contributed by atoms with van der Waals surface area (Å²) in [5.74, 6) is -0.275. The number of carbonyl (C=O) groups excluding carboxylic acids is 1. The molecule has 1 aliphatic carbocycles. The first-order valence-corrected chi connectivity index (χ1v) is 17.8. The van der Waals surface area contributed by atoms with Gasteiger partial charge in [-0.1, -0.05) is 41.9 Å². The van der Waals surface area contributed by atoms with E-state index in [4.69, 9.17) is 21.3 Å². The first kappa shape index (κ1) is 34.9. The predicted octanol–water partition coefficient (Wildman–Crippen LogP) is 5.75. The van der Waals surface area contributed by atoms with Gasteiger partial charge in [0, 0.05) is 62.0 Å². The van der Waals surface area contributed by atoms with Crippen LogP contribution in [0.1, 0.15) is 60.7 Å². The summed E-state index contributed by atoms with van der Waals surface area (Å²) >= 11 is 7.20. The molecule has 15 heteroatoms. The molecule has 12 nitrogen and oxygen atoms in total. The van der Waals surface area contributed by atoms with Crippen LogP contribution in [0.3, 0.4) is 0 Å². The maximum atomic E-state index is 13.9. The number of ether oxygens (including phenoxy) is 1. The van der Waals surface area contributed by atoms with E-state index in [0.717, 1.165) is 64.6 Å². The summed E-state index contributed by atoms with van der Waals surface area (Å²) in [5, 5.41) is 6.67. The highest BCUT2D eigenvalue weighted by molar-refractivity contribution is 6.36. The number of pyridine rings is 1. The zero-order valence-corrected chi connectivity index (χ0v) is 30.4. The Balaban J connectivity index is 1.15. The zero-order valence-electron chi connectivity index (χ0n) is 29.6. The van der Waals surface area contributed by atoms with Crippen LogP contribution in [0.4, 0.5) is 20.3 Å². The molecule has 5 heterocycles. The van der Waals surface area contributed by atoms with Crippen molar-refractivity contribution in [3.05, 3.63) is 90.8 Å². The largest absolute Gasteiger partial charge is 0.481 e. The van der Waals surface area contributed by atoms with E-state index in [9.17, 15) is 23.2 Å². The molecule has 2 saturated heterocycles. The van der Waals surface area contributed by atoms with Crippen molar-refractivity contribution < 1.29 is 18.3 Å². The summed E-state index contributed by atoms with van der Waals surface area (Å²) in [7, 11) is 4.30. The lowest BCUT2D eigenvalue weighted by atomic mass is 9.96. The van der Waals surface area contributed by atoms with Gasteiger partial charge in [0.05, 0.1) is 23.4 Å². The van der Waals surface area contributed by atoms with E-state index < -0.39 is 23.5 Å². The van der Waals surface area contributed by atoms with Crippen LogP contribution in [0.5, 0.6) is 5.88 Å². The molecule has 2 aromatic carbocycles. The Hall–Kier alpha value is -5.21. The van der Waals surface area contributed by atoms with Crippen molar-refractivity contribution in [2.75, 3.05) is 25.5 Å². The third-order valence-corrected chi connectivity index (χ3v) is 11.5. The van der Waals surface area contributed by atoms with E-state index in [0.29, 0.717) is 45.4 Å². The molecule has 2 atom stereocenters. The van der Waals surface area contributed by atoms with Crippen LogP contribution >= 0.6 is 11.6 Å². The number of carbonyl (C=O) groups is 1. The number of nitrogens with zero attached hydrogens (tertiary/aromatic N) is 6. The summed E-state index contributed by atoms with van der Waals surface area (Å²) in [5.41, 5.74) is 4.53. The van der Waals surface area contributed by atoms with Crippen LogP contribution < -0.4 is 26.6 Å². The molecule has 1 amide bonds. The minimum absolute atomic E-state index is 0.0998. The third-order valence-electron chi connectivity index (χ3n) is 11.0. The monoisotopic (exact) mass is 742 g/mol. The van der Waals surface area contributed by atoms with Crippen molar-refractivity contribution in [1.29, 1.82) is 0 Å². The van der Waals surface area contributed by atoms with Crippen LogP contribution in [-0.4, -0.2) is 60.6 Å². The summed E-state index contributed by atoms with van der Waals surface area (Å²) < 4.78 is 35.7. The summed E-state index contributed by atoms with van der Waals surface area (Å²) in [4.78, 5) is 53.2. The number of methoxy groups -OCH3 is 1. The van der Waals surface area contributed by atoms with Crippen molar-refractivity contribution >= 4 is 40.0 Å². The van der Waals surface area contributed by atoms with E-state index in [1.54, 1.807) is 19.2 Å². The predicted molar refractivity (Wildman–Crippen MR) is 197 cm³/mol. The normalized spacial score (nSPS) is 19.8. The second-order valence-corrected chi connectivity index (χ2v) is 14.5. The molecule has 5 aromatic rings. The molecule has 2 fully saturated rings. The Morgan fingerprint density at radius 3 is 2.49 bits per heavy atom. The number of aromatic nitrogens is 5. The molecule has 0 radical (unpaired) electrons. The fraction of sp³-hybridized carbons (Fsp3) is 0.368. The summed E-state index contributed by atoms with van der Waals surface area (Å²) in [6, 6.07) is 13.4. The molecule has 8 rings (SSSR count). The van der Waals surface area contributed by atoms with Gasteiger partial charge in [0.15, 0.2) is 11.5 Å². The smallest absolute Gasteiger partial charge is 0.332 e. The molecular weight excluding hydrogens is 706 g/mol. The van der Waals surface area contributed by atoms with Gasteiger partial charge in [-0.25, -0.2) is 28.5 Å². The molecule has 53 heavy (non-hydrogen) atoms. The first-order chi connectivity index (χ1) is 25.4. The van der Waals surface area contributed by atoms with Gasteiger partial charge < -0.3 is 15.4 Å². The molecule has 0 saturated carbocycles. The van der Waals surface area contributed by atoms with Crippen LogP contribution in [0.2, 0.25) is 5.02 Å². The van der Waals surface area contributed by atoms with Crippen molar-refractivity contribution in [2.45, 2.75) is 57.0 Å². The number of halogens is 3. The van der Waals surface area contributed by atoms with Gasteiger partial charge in [-0.05, 0) is 61.4 Å². The second kappa shape index (κ2) is 13.0. The van der Waals surface area contributed by atoms with Gasteiger partial charge in [0.2, 0.25) is 11.8 Å². The van der Waals surface area contributed by atoms with Gasteiger partial charge in [-0.15, -0.1) is 0 Å². The lowest BCUT2D eigenvalue weighted by Gasteiger charge is -2.28. The molecular formula is C38H37ClF2N8O4. The Labute approximate surface area is 307 Å². The lowest BCUT2D eigenvalue weighted by Crippen LogP contribution is -2.44. The number of aryl methyl sites for hydroxylation is 2. The van der Waals surface area contributed by atoms with Crippen LogP contribution in [0.25, 0.3) is 33.4 Å². The summed E-state index contributed by atoms with van der Waals surface area (Å²) in [6.07, 6.45) is 1.12. The van der Waals surface area contributed by atoms with Crippen molar-refractivity contribution in [2.24, 2.45) is 14.1 Å². The zero-order chi connectivity index (χ0) is 37.3. The van der Waals surface area contributed by atoms with Gasteiger partial charge in [-0.2, -0.15) is 0 Å². The van der Waals surface area contributed by atoms with E-state index in [2.05, 4.69) is 31.6 Å².